The van der Waals surface area contributed by atoms with Gasteiger partial charge in [-0.15, -0.1) is 0 Å². The Labute approximate surface area is 166 Å². The summed E-state index contributed by atoms with van der Waals surface area (Å²) in [6.45, 7) is 6.25. The molecule has 28 heavy (non-hydrogen) atoms. The highest BCUT2D eigenvalue weighted by molar-refractivity contribution is 5.91. The third kappa shape index (κ3) is 6.04. The molecule has 0 spiro atoms. The zero-order chi connectivity index (χ0) is 19.9. The summed E-state index contributed by atoms with van der Waals surface area (Å²) in [4.78, 5) is 18.9. The lowest BCUT2D eigenvalue weighted by atomic mass is 9.97. The molecule has 0 bridgehead atoms. The highest BCUT2D eigenvalue weighted by atomic mass is 16.5. The Balaban J connectivity index is 1.45. The number of aryl methyl sites for hydroxylation is 2. The van der Waals surface area contributed by atoms with Crippen molar-refractivity contribution >= 4 is 11.7 Å². The molecule has 1 saturated heterocycles. The molecule has 2 unspecified atom stereocenters. The molecule has 1 aromatic carbocycles. The number of aliphatic hydroxyl groups excluding tert-OH is 1. The van der Waals surface area contributed by atoms with Crippen molar-refractivity contribution in [3.05, 3.63) is 53.7 Å². The molecular formula is C22H29N3O3. The number of piperidine rings is 1. The molecule has 2 atom stereocenters. The van der Waals surface area contributed by atoms with Crippen LogP contribution in [0, 0.1) is 19.8 Å². The predicted octanol–water partition coefficient (Wildman–Crippen LogP) is 2.79. The van der Waals surface area contributed by atoms with Gasteiger partial charge in [-0.05, 0) is 57.0 Å². The minimum Gasteiger partial charge on any atom is -0.491 e. The number of carbonyl (C=O) groups excluding carboxylic acids is 1. The van der Waals surface area contributed by atoms with Crippen molar-refractivity contribution in [3.8, 4) is 5.75 Å². The molecule has 1 aromatic heterocycles. The molecule has 6 heteroatoms. The fraction of sp³-hybridized carbons (Fsp3) is 0.455. The van der Waals surface area contributed by atoms with E-state index in [1.807, 2.05) is 50.2 Å². The van der Waals surface area contributed by atoms with Crippen molar-refractivity contribution < 1.29 is 14.6 Å². The SMILES string of the molecule is Cc1ccc(OCC(O)CN2CCCC(C(=O)Nc3ccc(C)cn3)C2)cc1. The third-order valence-corrected chi connectivity index (χ3v) is 4.97. The van der Waals surface area contributed by atoms with Crippen LogP contribution in [-0.4, -0.2) is 53.2 Å². The Morgan fingerprint density at radius 3 is 2.71 bits per heavy atom. The van der Waals surface area contributed by atoms with E-state index in [9.17, 15) is 9.90 Å². The van der Waals surface area contributed by atoms with E-state index in [2.05, 4.69) is 15.2 Å². The highest BCUT2D eigenvalue weighted by Gasteiger charge is 2.27. The summed E-state index contributed by atoms with van der Waals surface area (Å²) in [7, 11) is 0. The molecule has 2 aromatic rings. The van der Waals surface area contributed by atoms with Crippen LogP contribution < -0.4 is 10.1 Å². The molecule has 0 radical (unpaired) electrons. The van der Waals surface area contributed by atoms with E-state index in [0.29, 0.717) is 18.9 Å². The number of carbonyl (C=O) groups is 1. The van der Waals surface area contributed by atoms with Crippen molar-refractivity contribution in [3.63, 3.8) is 0 Å². The zero-order valence-corrected chi connectivity index (χ0v) is 16.6. The molecule has 1 aliphatic heterocycles. The maximum absolute atomic E-state index is 12.6. The van der Waals surface area contributed by atoms with E-state index >= 15 is 0 Å². The molecule has 1 fully saturated rings. The molecule has 2 N–H and O–H groups in total. The number of rotatable bonds is 7. The van der Waals surface area contributed by atoms with Crippen LogP contribution in [0.15, 0.2) is 42.6 Å². The zero-order valence-electron chi connectivity index (χ0n) is 16.6. The quantitative estimate of drug-likeness (QED) is 0.769. The highest BCUT2D eigenvalue weighted by Crippen LogP contribution is 2.19. The first kappa shape index (κ1) is 20.3. The molecule has 3 rings (SSSR count). The van der Waals surface area contributed by atoms with Gasteiger partial charge < -0.3 is 15.2 Å². The lowest BCUT2D eigenvalue weighted by Gasteiger charge is -2.33. The summed E-state index contributed by atoms with van der Waals surface area (Å²) in [6.07, 6.45) is 2.93. The van der Waals surface area contributed by atoms with E-state index < -0.39 is 6.10 Å². The average molecular weight is 383 g/mol. The summed E-state index contributed by atoms with van der Waals surface area (Å²) < 4.78 is 5.66. The number of ether oxygens (including phenoxy) is 1. The van der Waals surface area contributed by atoms with Crippen LogP contribution in [0.2, 0.25) is 0 Å². The van der Waals surface area contributed by atoms with Gasteiger partial charge >= 0.3 is 0 Å². The second kappa shape index (κ2) is 9.66. The van der Waals surface area contributed by atoms with E-state index in [1.54, 1.807) is 6.20 Å². The van der Waals surface area contributed by atoms with Gasteiger partial charge in [-0.25, -0.2) is 4.98 Å². The van der Waals surface area contributed by atoms with Gasteiger partial charge in [0.1, 0.15) is 24.3 Å². The summed E-state index contributed by atoms with van der Waals surface area (Å²) in [6, 6.07) is 11.5. The van der Waals surface area contributed by atoms with E-state index in [-0.39, 0.29) is 18.4 Å². The number of β-amino-alcohol motifs (C(OH)–C–C–N with tert-alkyl or cyclic N) is 1. The van der Waals surface area contributed by atoms with Crippen LogP contribution in [0.1, 0.15) is 24.0 Å². The van der Waals surface area contributed by atoms with E-state index in [0.717, 1.165) is 30.7 Å². The maximum Gasteiger partial charge on any atom is 0.229 e. The van der Waals surface area contributed by atoms with E-state index in [4.69, 9.17) is 4.74 Å². The van der Waals surface area contributed by atoms with Crippen molar-refractivity contribution in [2.24, 2.45) is 5.92 Å². The molecule has 150 valence electrons. The number of aromatic nitrogens is 1. The predicted molar refractivity (Wildman–Crippen MR) is 109 cm³/mol. The summed E-state index contributed by atoms with van der Waals surface area (Å²) >= 11 is 0. The number of hydrogen-bond acceptors (Lipinski definition) is 5. The molecular weight excluding hydrogens is 354 g/mol. The first-order valence-corrected chi connectivity index (χ1v) is 9.83. The molecule has 2 heterocycles. The minimum atomic E-state index is -0.595. The molecule has 1 aliphatic rings. The van der Waals surface area contributed by atoms with Crippen molar-refractivity contribution in [2.75, 3.05) is 31.6 Å². The molecule has 6 nitrogen and oxygen atoms in total. The minimum absolute atomic E-state index is 0.00792. The van der Waals surface area contributed by atoms with Crippen molar-refractivity contribution in [2.45, 2.75) is 32.8 Å². The van der Waals surface area contributed by atoms with Crippen LogP contribution in [0.3, 0.4) is 0 Å². The van der Waals surface area contributed by atoms with Gasteiger partial charge in [0, 0.05) is 19.3 Å². The van der Waals surface area contributed by atoms with Gasteiger partial charge in [0.2, 0.25) is 5.91 Å². The number of anilines is 1. The number of benzene rings is 1. The van der Waals surface area contributed by atoms with Crippen molar-refractivity contribution in [1.82, 2.24) is 9.88 Å². The number of nitrogens with zero attached hydrogens (tertiary/aromatic N) is 2. The number of nitrogens with one attached hydrogen (secondary N) is 1. The first-order valence-electron chi connectivity index (χ1n) is 9.83. The topological polar surface area (TPSA) is 74.7 Å². The summed E-state index contributed by atoms with van der Waals surface area (Å²) in [5.41, 5.74) is 2.23. The summed E-state index contributed by atoms with van der Waals surface area (Å²) in [5.74, 6) is 1.24. The van der Waals surface area contributed by atoms with Gasteiger partial charge in [-0.1, -0.05) is 23.8 Å². The van der Waals surface area contributed by atoms with Crippen LogP contribution in [0.25, 0.3) is 0 Å². The van der Waals surface area contributed by atoms with Crippen LogP contribution >= 0.6 is 0 Å². The number of hydrogen-bond donors (Lipinski definition) is 2. The van der Waals surface area contributed by atoms with Crippen LogP contribution in [0.5, 0.6) is 5.75 Å². The van der Waals surface area contributed by atoms with Crippen LogP contribution in [0.4, 0.5) is 5.82 Å². The molecule has 0 saturated carbocycles. The standard InChI is InChI=1S/C22H29N3O3/c1-16-5-8-20(9-6-16)28-15-19(26)14-25-11-3-4-18(13-25)22(27)24-21-10-7-17(2)12-23-21/h5-10,12,18-19,26H,3-4,11,13-15H2,1-2H3,(H,23,24,27). The Kier molecular flexibility index (Phi) is 7.01. The van der Waals surface area contributed by atoms with Gasteiger partial charge in [0.05, 0.1) is 5.92 Å². The second-order valence-corrected chi connectivity index (χ2v) is 7.59. The number of amides is 1. The number of likely N-dealkylation sites (tertiary alicyclic amines) is 1. The Morgan fingerprint density at radius 1 is 1.25 bits per heavy atom. The van der Waals surface area contributed by atoms with Crippen LogP contribution in [-0.2, 0) is 4.79 Å². The Morgan fingerprint density at radius 2 is 2.00 bits per heavy atom. The van der Waals surface area contributed by atoms with Gasteiger partial charge in [0.25, 0.3) is 0 Å². The number of pyridine rings is 1. The third-order valence-electron chi connectivity index (χ3n) is 4.97. The number of aliphatic hydroxyl groups is 1. The van der Waals surface area contributed by atoms with Gasteiger partial charge in [-0.3, -0.25) is 9.69 Å². The lowest BCUT2D eigenvalue weighted by Crippen LogP contribution is -2.44. The first-order chi connectivity index (χ1) is 13.5. The van der Waals surface area contributed by atoms with Crippen molar-refractivity contribution in [1.29, 1.82) is 0 Å². The maximum atomic E-state index is 12.6. The monoisotopic (exact) mass is 383 g/mol. The van der Waals surface area contributed by atoms with Gasteiger partial charge in [0.15, 0.2) is 0 Å². The fourth-order valence-electron chi connectivity index (χ4n) is 3.38. The second-order valence-electron chi connectivity index (χ2n) is 7.59. The largest absolute Gasteiger partial charge is 0.491 e. The normalized spacial score (nSPS) is 18.5. The van der Waals surface area contributed by atoms with E-state index in [1.165, 1.54) is 5.56 Å². The summed E-state index contributed by atoms with van der Waals surface area (Å²) in [5, 5.41) is 13.2. The molecule has 1 amide bonds. The fourth-order valence-corrected chi connectivity index (χ4v) is 3.38. The average Bonchev–Trinajstić information content (AvgIpc) is 2.69. The Bertz CT molecular complexity index is 762. The Hall–Kier alpha value is -2.44. The van der Waals surface area contributed by atoms with Gasteiger partial charge in [-0.2, -0.15) is 0 Å². The molecule has 0 aliphatic carbocycles. The smallest absolute Gasteiger partial charge is 0.229 e. The lowest BCUT2D eigenvalue weighted by molar-refractivity contribution is -0.121.